The third-order valence-corrected chi connectivity index (χ3v) is 0.837. The molecule has 0 aromatic carbocycles. The third kappa shape index (κ3) is 2.66. The second-order valence-corrected chi connectivity index (χ2v) is 1.49. The molecule has 41 valence electrons. The Morgan fingerprint density at radius 2 is 1.56 bits per heavy atom. The molecule has 0 aromatic rings. The van der Waals surface area contributed by atoms with Gasteiger partial charge >= 0.3 is 18.9 Å². The number of carbonyl (C=O) groups is 1. The SMILES string of the molecule is O=C1C=C[C](O)C=C1.[Li+]. The predicted molar refractivity (Wildman–Crippen MR) is 28.5 cm³/mol. The summed E-state index contributed by atoms with van der Waals surface area (Å²) >= 11 is 0. The fraction of sp³-hybridized carbons (Fsp3) is 0. The summed E-state index contributed by atoms with van der Waals surface area (Å²) in [6.07, 6.45) is 5.49. The molecule has 1 N–H and O–H groups in total. The molecule has 1 radical (unpaired) electrons. The predicted octanol–water partition coefficient (Wildman–Crippen LogP) is -2.41. The first kappa shape index (κ1) is 8.71. The van der Waals surface area contributed by atoms with E-state index in [1.807, 2.05) is 0 Å². The zero-order valence-corrected chi connectivity index (χ0v) is 5.16. The van der Waals surface area contributed by atoms with E-state index in [-0.39, 0.29) is 30.7 Å². The van der Waals surface area contributed by atoms with Crippen molar-refractivity contribution in [2.24, 2.45) is 0 Å². The average Bonchev–Trinajstić information content (AvgIpc) is 1.77. The minimum atomic E-state index is -0.0807. The standard InChI is InChI=1S/C6H5O2.Li/c7-5-1-2-6(8)4-3-5;/h1-4,7H;/q;+1. The Bertz CT molecular complexity index is 144. The molecular formula is C6H5LiO2+. The van der Waals surface area contributed by atoms with Gasteiger partial charge in [-0.15, -0.1) is 0 Å². The average molecular weight is 116 g/mol. The van der Waals surface area contributed by atoms with Crippen molar-refractivity contribution in [1.29, 1.82) is 0 Å². The summed E-state index contributed by atoms with van der Waals surface area (Å²) in [5, 5.41) is 8.62. The Labute approximate surface area is 65.4 Å². The molecule has 2 nitrogen and oxygen atoms in total. The number of aliphatic hydroxyl groups is 1. The van der Waals surface area contributed by atoms with Crippen LogP contribution in [-0.4, -0.2) is 10.9 Å². The van der Waals surface area contributed by atoms with E-state index in [9.17, 15) is 4.79 Å². The fourth-order valence-electron chi connectivity index (χ4n) is 0.446. The van der Waals surface area contributed by atoms with Crippen molar-refractivity contribution in [1.82, 2.24) is 0 Å². The third-order valence-electron chi connectivity index (χ3n) is 0.837. The molecule has 0 saturated carbocycles. The summed E-state index contributed by atoms with van der Waals surface area (Å²) in [4.78, 5) is 10.3. The Balaban J connectivity index is 0.000000640. The van der Waals surface area contributed by atoms with Crippen LogP contribution < -0.4 is 18.9 Å². The minimum Gasteiger partial charge on any atom is -0.378 e. The second kappa shape index (κ2) is 3.68. The molecule has 0 aliphatic heterocycles. The fourth-order valence-corrected chi connectivity index (χ4v) is 0.446. The van der Waals surface area contributed by atoms with Gasteiger partial charge in [-0.25, -0.2) is 0 Å². The zero-order valence-electron chi connectivity index (χ0n) is 5.16. The van der Waals surface area contributed by atoms with Crippen LogP contribution in [0, 0.1) is 6.10 Å². The maximum Gasteiger partial charge on any atom is 1.00 e. The molecule has 9 heavy (non-hydrogen) atoms. The molecule has 0 heterocycles. The maximum absolute atomic E-state index is 10.3. The van der Waals surface area contributed by atoms with Crippen molar-refractivity contribution in [2.45, 2.75) is 0 Å². The monoisotopic (exact) mass is 116 g/mol. The molecule has 1 rings (SSSR count). The smallest absolute Gasteiger partial charge is 0.378 e. The molecular weight excluding hydrogens is 111 g/mol. The summed E-state index contributed by atoms with van der Waals surface area (Å²) < 4.78 is 0. The summed E-state index contributed by atoms with van der Waals surface area (Å²) in [5.74, 6) is -0.0807. The van der Waals surface area contributed by atoms with E-state index >= 15 is 0 Å². The van der Waals surface area contributed by atoms with Gasteiger partial charge < -0.3 is 5.11 Å². The number of carbonyl (C=O) groups excluding carboxylic acids is 1. The van der Waals surface area contributed by atoms with Crippen LogP contribution in [0.1, 0.15) is 0 Å². The van der Waals surface area contributed by atoms with Crippen molar-refractivity contribution in [3.05, 3.63) is 30.4 Å². The number of allylic oxidation sites excluding steroid dienone is 2. The summed E-state index contributed by atoms with van der Waals surface area (Å²) in [6.45, 7) is 0. The van der Waals surface area contributed by atoms with E-state index in [0.717, 1.165) is 0 Å². The van der Waals surface area contributed by atoms with Crippen LogP contribution in [0.3, 0.4) is 0 Å². The van der Waals surface area contributed by atoms with Crippen LogP contribution in [0.4, 0.5) is 0 Å². The number of aliphatic hydroxyl groups excluding tert-OH is 1. The number of rotatable bonds is 0. The normalized spacial score (nSPS) is 17.7. The molecule has 0 fully saturated rings. The van der Waals surface area contributed by atoms with Gasteiger partial charge in [-0.1, -0.05) is 0 Å². The van der Waals surface area contributed by atoms with Gasteiger partial charge in [-0.2, -0.15) is 0 Å². The van der Waals surface area contributed by atoms with Crippen molar-refractivity contribution in [2.75, 3.05) is 0 Å². The molecule has 0 amide bonds. The summed E-state index contributed by atoms with van der Waals surface area (Å²) in [7, 11) is 0. The molecule has 3 heteroatoms. The van der Waals surface area contributed by atoms with Crippen LogP contribution in [0.2, 0.25) is 0 Å². The molecule has 0 saturated heterocycles. The van der Waals surface area contributed by atoms with Crippen LogP contribution >= 0.6 is 0 Å². The van der Waals surface area contributed by atoms with Crippen LogP contribution in [-0.2, 0) is 4.79 Å². The van der Waals surface area contributed by atoms with E-state index in [1.165, 1.54) is 24.3 Å². The van der Waals surface area contributed by atoms with E-state index in [4.69, 9.17) is 5.11 Å². The largest absolute Gasteiger partial charge is 1.00 e. The van der Waals surface area contributed by atoms with Crippen LogP contribution in [0.25, 0.3) is 0 Å². The number of hydrogen-bond acceptors (Lipinski definition) is 2. The van der Waals surface area contributed by atoms with Gasteiger partial charge in [0.15, 0.2) is 5.78 Å². The van der Waals surface area contributed by atoms with Crippen molar-refractivity contribution >= 4 is 5.78 Å². The Hall–Kier alpha value is -0.293. The Morgan fingerprint density at radius 3 is 1.89 bits per heavy atom. The molecule has 0 spiro atoms. The quantitative estimate of drug-likeness (QED) is 0.358. The first-order chi connectivity index (χ1) is 3.79. The van der Waals surface area contributed by atoms with Gasteiger partial charge in [0.05, 0.1) is 0 Å². The van der Waals surface area contributed by atoms with Crippen molar-refractivity contribution in [3.8, 4) is 0 Å². The van der Waals surface area contributed by atoms with Gasteiger partial charge in [-0.05, 0) is 24.3 Å². The van der Waals surface area contributed by atoms with Gasteiger partial charge in [0.2, 0.25) is 0 Å². The number of hydrogen-bond donors (Lipinski definition) is 1. The molecule has 0 aromatic heterocycles. The topological polar surface area (TPSA) is 37.3 Å². The summed E-state index contributed by atoms with van der Waals surface area (Å²) in [5.41, 5.74) is 0. The van der Waals surface area contributed by atoms with Crippen LogP contribution in [0.5, 0.6) is 0 Å². The van der Waals surface area contributed by atoms with E-state index in [0.29, 0.717) is 0 Å². The molecule has 0 atom stereocenters. The number of ketones is 1. The van der Waals surface area contributed by atoms with E-state index in [2.05, 4.69) is 0 Å². The maximum atomic E-state index is 10.3. The molecule has 0 bridgehead atoms. The zero-order chi connectivity index (χ0) is 5.98. The molecule has 0 unspecified atom stereocenters. The van der Waals surface area contributed by atoms with E-state index in [1.54, 1.807) is 0 Å². The Morgan fingerprint density at radius 1 is 1.11 bits per heavy atom. The van der Waals surface area contributed by atoms with Crippen molar-refractivity contribution in [3.63, 3.8) is 0 Å². The molecule has 1 aliphatic rings. The second-order valence-electron chi connectivity index (χ2n) is 1.49. The molecule has 1 aliphatic carbocycles. The Kier molecular flexibility index (Phi) is 3.56. The van der Waals surface area contributed by atoms with Crippen LogP contribution in [0.15, 0.2) is 24.3 Å². The minimum absolute atomic E-state index is 0. The van der Waals surface area contributed by atoms with E-state index < -0.39 is 0 Å². The first-order valence-electron chi connectivity index (χ1n) is 2.25. The van der Waals surface area contributed by atoms with Gasteiger partial charge in [-0.3, -0.25) is 4.79 Å². The van der Waals surface area contributed by atoms with Gasteiger partial charge in [0.1, 0.15) is 6.10 Å². The first-order valence-corrected chi connectivity index (χ1v) is 2.25. The summed E-state index contributed by atoms with van der Waals surface area (Å²) in [6, 6.07) is 0. The van der Waals surface area contributed by atoms with Crippen molar-refractivity contribution < 1.29 is 28.8 Å². The van der Waals surface area contributed by atoms with Gasteiger partial charge in [0, 0.05) is 0 Å². The van der Waals surface area contributed by atoms with Gasteiger partial charge in [0.25, 0.3) is 0 Å².